The fourth-order valence-electron chi connectivity index (χ4n) is 4.64. The number of H-pyrrole nitrogens is 1. The van der Waals surface area contributed by atoms with Gasteiger partial charge in [-0.15, -0.1) is 0 Å². The molecule has 0 radical (unpaired) electrons. The van der Waals surface area contributed by atoms with E-state index >= 15 is 0 Å². The molecule has 0 saturated carbocycles. The molecule has 146 valence electrons. The van der Waals surface area contributed by atoms with Crippen molar-refractivity contribution in [3.8, 4) is 0 Å². The average Bonchev–Trinajstić information content (AvgIpc) is 3.47. The van der Waals surface area contributed by atoms with Gasteiger partial charge < -0.3 is 15.0 Å². The molecule has 5 rings (SSSR count). The Morgan fingerprint density at radius 1 is 1.32 bits per heavy atom. The summed E-state index contributed by atoms with van der Waals surface area (Å²) in [5, 5.41) is 10.3. The molecule has 2 aromatic rings. The van der Waals surface area contributed by atoms with Crippen LogP contribution in [0.3, 0.4) is 0 Å². The first-order chi connectivity index (χ1) is 13.7. The molecule has 2 aliphatic heterocycles. The minimum Gasteiger partial charge on any atom is -0.376 e. The van der Waals surface area contributed by atoms with Crippen LogP contribution in [0, 0.1) is 11.8 Å². The lowest BCUT2D eigenvalue weighted by molar-refractivity contribution is 0.0669. The van der Waals surface area contributed by atoms with Crippen molar-refractivity contribution < 1.29 is 14.3 Å². The molecule has 0 bridgehead atoms. The van der Waals surface area contributed by atoms with Crippen molar-refractivity contribution in [2.45, 2.75) is 25.4 Å². The summed E-state index contributed by atoms with van der Waals surface area (Å²) in [5.41, 5.74) is 3.32. The molecule has 2 amide bonds. The highest BCUT2D eigenvalue weighted by Crippen LogP contribution is 2.34. The molecule has 0 spiro atoms. The standard InChI is InChI=1S/C20H23N5O3/c26-19(12-3-2-6-21-7-12)22-8-13-11-28-17-10-25(9-15(13)17)20(27)18-14-4-1-5-16(14)23-24-18/h2-3,6-7,13,15,17H,1,4-5,8-11H2,(H,22,26)(H,23,24)/t13-,15-,17-/m1/s1. The SMILES string of the molecule is O=C(NC[C@@H]1CO[C@@H]2CN(C(=O)c3n[nH]c4c3CCC4)C[C@H]12)c1cccnc1. The van der Waals surface area contributed by atoms with Crippen LogP contribution >= 0.6 is 0 Å². The molecule has 0 unspecified atom stereocenters. The number of pyridine rings is 1. The summed E-state index contributed by atoms with van der Waals surface area (Å²) in [6.45, 7) is 2.40. The van der Waals surface area contributed by atoms with Gasteiger partial charge in [0.1, 0.15) is 0 Å². The van der Waals surface area contributed by atoms with Gasteiger partial charge in [-0.2, -0.15) is 5.10 Å². The van der Waals surface area contributed by atoms with Crippen molar-refractivity contribution in [2.24, 2.45) is 11.8 Å². The second kappa shape index (κ2) is 7.01. The molecule has 3 atom stereocenters. The normalized spacial score (nSPS) is 25.6. The lowest BCUT2D eigenvalue weighted by atomic mass is 9.93. The fraction of sp³-hybridized carbons (Fsp3) is 0.500. The predicted octanol–water partition coefficient (Wildman–Crippen LogP) is 0.810. The molecule has 3 aliphatic rings. The summed E-state index contributed by atoms with van der Waals surface area (Å²) >= 11 is 0. The number of carbonyl (C=O) groups is 2. The van der Waals surface area contributed by atoms with E-state index in [1.54, 1.807) is 24.5 Å². The van der Waals surface area contributed by atoms with E-state index in [4.69, 9.17) is 4.74 Å². The lowest BCUT2D eigenvalue weighted by Gasteiger charge is -2.20. The number of nitrogens with one attached hydrogen (secondary N) is 2. The molecule has 28 heavy (non-hydrogen) atoms. The maximum absolute atomic E-state index is 13.0. The van der Waals surface area contributed by atoms with Gasteiger partial charge in [0.2, 0.25) is 0 Å². The topological polar surface area (TPSA) is 100 Å². The number of hydrogen-bond donors (Lipinski definition) is 2. The number of aromatic amines is 1. The Balaban J connectivity index is 1.21. The van der Waals surface area contributed by atoms with Gasteiger partial charge in [-0.3, -0.25) is 19.7 Å². The highest BCUT2D eigenvalue weighted by atomic mass is 16.5. The first-order valence-electron chi connectivity index (χ1n) is 9.86. The summed E-state index contributed by atoms with van der Waals surface area (Å²) in [7, 11) is 0. The van der Waals surface area contributed by atoms with E-state index in [9.17, 15) is 9.59 Å². The Morgan fingerprint density at radius 2 is 2.25 bits per heavy atom. The molecule has 2 fully saturated rings. The van der Waals surface area contributed by atoms with Crippen molar-refractivity contribution in [1.82, 2.24) is 25.4 Å². The molecule has 2 saturated heterocycles. The Labute approximate surface area is 162 Å². The number of likely N-dealkylation sites (tertiary alicyclic amines) is 1. The van der Waals surface area contributed by atoms with Gasteiger partial charge in [0.05, 0.1) is 18.3 Å². The number of nitrogens with zero attached hydrogens (tertiary/aromatic N) is 3. The van der Waals surface area contributed by atoms with Crippen molar-refractivity contribution in [3.63, 3.8) is 0 Å². The van der Waals surface area contributed by atoms with E-state index in [1.165, 1.54) is 0 Å². The van der Waals surface area contributed by atoms with Crippen LogP contribution in [0.25, 0.3) is 0 Å². The summed E-state index contributed by atoms with van der Waals surface area (Å²) < 4.78 is 5.93. The maximum atomic E-state index is 13.0. The number of ether oxygens (including phenoxy) is 1. The van der Waals surface area contributed by atoms with Gasteiger partial charge in [0, 0.05) is 55.1 Å². The molecule has 0 aromatic carbocycles. The van der Waals surface area contributed by atoms with Crippen molar-refractivity contribution in [3.05, 3.63) is 47.0 Å². The minimum atomic E-state index is -0.130. The highest BCUT2D eigenvalue weighted by molar-refractivity contribution is 5.94. The minimum absolute atomic E-state index is 0.00412. The number of rotatable bonds is 4. The second-order valence-electron chi connectivity index (χ2n) is 7.84. The van der Waals surface area contributed by atoms with E-state index in [1.807, 2.05) is 4.90 Å². The highest BCUT2D eigenvalue weighted by Gasteiger charge is 2.46. The van der Waals surface area contributed by atoms with Crippen molar-refractivity contribution in [2.75, 3.05) is 26.2 Å². The van der Waals surface area contributed by atoms with Crippen molar-refractivity contribution >= 4 is 11.8 Å². The van der Waals surface area contributed by atoms with Crippen molar-refractivity contribution in [1.29, 1.82) is 0 Å². The third-order valence-electron chi connectivity index (χ3n) is 6.18. The Kier molecular flexibility index (Phi) is 4.35. The quantitative estimate of drug-likeness (QED) is 0.816. The zero-order valence-corrected chi connectivity index (χ0v) is 15.6. The summed E-state index contributed by atoms with van der Waals surface area (Å²) in [6, 6.07) is 3.49. The van der Waals surface area contributed by atoms with E-state index in [0.717, 1.165) is 30.5 Å². The monoisotopic (exact) mass is 381 g/mol. The van der Waals surface area contributed by atoms with Crippen LogP contribution in [0.2, 0.25) is 0 Å². The number of carbonyl (C=O) groups excluding carboxylic acids is 2. The van der Waals surface area contributed by atoms with Crippen LogP contribution in [-0.2, 0) is 17.6 Å². The molecular weight excluding hydrogens is 358 g/mol. The summed E-state index contributed by atoms with van der Waals surface area (Å²) in [4.78, 5) is 31.1. The molecular formula is C20H23N5O3. The lowest BCUT2D eigenvalue weighted by Crippen LogP contribution is -2.35. The summed E-state index contributed by atoms with van der Waals surface area (Å²) in [5.74, 6) is 0.309. The van der Waals surface area contributed by atoms with Crippen LogP contribution in [0.5, 0.6) is 0 Å². The number of amides is 2. The molecule has 2 N–H and O–H groups in total. The zero-order valence-electron chi connectivity index (χ0n) is 15.6. The smallest absolute Gasteiger partial charge is 0.274 e. The second-order valence-corrected chi connectivity index (χ2v) is 7.84. The molecule has 2 aromatic heterocycles. The zero-order chi connectivity index (χ0) is 19.1. The first kappa shape index (κ1) is 17.4. The number of hydrogen-bond acceptors (Lipinski definition) is 5. The molecule has 8 heteroatoms. The van der Waals surface area contributed by atoms with Gasteiger partial charge in [0.15, 0.2) is 5.69 Å². The van der Waals surface area contributed by atoms with E-state index in [-0.39, 0.29) is 29.8 Å². The van der Waals surface area contributed by atoms with Crippen LogP contribution in [-0.4, -0.2) is 64.2 Å². The maximum Gasteiger partial charge on any atom is 0.274 e. The van der Waals surface area contributed by atoms with Crippen LogP contribution in [0.4, 0.5) is 0 Å². The van der Waals surface area contributed by atoms with E-state index < -0.39 is 0 Å². The Bertz CT molecular complexity index is 897. The predicted molar refractivity (Wildman–Crippen MR) is 99.8 cm³/mol. The van der Waals surface area contributed by atoms with E-state index in [2.05, 4.69) is 20.5 Å². The molecule has 4 heterocycles. The molecule has 1 aliphatic carbocycles. The summed E-state index contributed by atoms with van der Waals surface area (Å²) in [6.07, 6.45) is 6.22. The number of aromatic nitrogens is 3. The molecule has 8 nitrogen and oxygen atoms in total. The number of fused-ring (bicyclic) bond motifs is 2. The number of aryl methyl sites for hydroxylation is 1. The largest absolute Gasteiger partial charge is 0.376 e. The Morgan fingerprint density at radius 3 is 3.11 bits per heavy atom. The van der Waals surface area contributed by atoms with Crippen LogP contribution in [0.1, 0.15) is 38.5 Å². The van der Waals surface area contributed by atoms with Gasteiger partial charge in [0.25, 0.3) is 11.8 Å². The fourth-order valence-corrected chi connectivity index (χ4v) is 4.64. The van der Waals surface area contributed by atoms with Gasteiger partial charge in [-0.1, -0.05) is 0 Å². The Hall–Kier alpha value is -2.74. The third kappa shape index (κ3) is 2.97. The van der Waals surface area contributed by atoms with Crippen LogP contribution in [0.15, 0.2) is 24.5 Å². The van der Waals surface area contributed by atoms with Gasteiger partial charge >= 0.3 is 0 Å². The first-order valence-corrected chi connectivity index (χ1v) is 9.86. The van der Waals surface area contributed by atoms with Gasteiger partial charge in [-0.05, 0) is 31.4 Å². The average molecular weight is 381 g/mol. The van der Waals surface area contributed by atoms with Gasteiger partial charge in [-0.25, -0.2) is 0 Å². The third-order valence-corrected chi connectivity index (χ3v) is 6.18. The van der Waals surface area contributed by atoms with E-state index in [0.29, 0.717) is 37.5 Å². The van der Waals surface area contributed by atoms with Crippen LogP contribution < -0.4 is 5.32 Å².